The zero-order valence-corrected chi connectivity index (χ0v) is 16.9. The van der Waals surface area contributed by atoms with Gasteiger partial charge in [0.15, 0.2) is 0 Å². The van der Waals surface area contributed by atoms with Crippen molar-refractivity contribution in [2.45, 2.75) is 44.9 Å². The van der Waals surface area contributed by atoms with Crippen molar-refractivity contribution >= 4 is 33.6 Å². The van der Waals surface area contributed by atoms with Crippen molar-refractivity contribution in [3.8, 4) is 6.07 Å². The first-order valence-corrected chi connectivity index (χ1v) is 10.8. The van der Waals surface area contributed by atoms with Crippen LogP contribution < -0.4 is 10.2 Å². The zero-order chi connectivity index (χ0) is 20.4. The molecule has 0 unspecified atom stereocenters. The van der Waals surface area contributed by atoms with E-state index in [9.17, 15) is 20.2 Å². The second kappa shape index (κ2) is 8.21. The molecular weight excluding hydrogens is 388 g/mol. The highest BCUT2D eigenvalue weighted by Gasteiger charge is 2.25. The Morgan fingerprint density at radius 3 is 2.66 bits per heavy atom. The molecule has 29 heavy (non-hydrogen) atoms. The number of thiophene rings is 1. The number of hydrogen-bond donors (Lipinski definition) is 1. The van der Waals surface area contributed by atoms with Crippen LogP contribution in [0.3, 0.4) is 0 Å². The van der Waals surface area contributed by atoms with E-state index < -0.39 is 10.8 Å². The number of nitrogens with one attached hydrogen (secondary N) is 1. The van der Waals surface area contributed by atoms with Crippen LogP contribution >= 0.6 is 11.3 Å². The molecule has 0 bridgehead atoms. The maximum atomic E-state index is 12.8. The second-order valence-corrected chi connectivity index (χ2v) is 8.59. The van der Waals surface area contributed by atoms with Crippen molar-refractivity contribution in [2.24, 2.45) is 0 Å². The maximum Gasteiger partial charge on any atom is 0.293 e. The molecule has 0 saturated carbocycles. The van der Waals surface area contributed by atoms with Crippen molar-refractivity contribution in [3.05, 3.63) is 49.9 Å². The summed E-state index contributed by atoms with van der Waals surface area (Å²) in [5.41, 5.74) is 2.33. The van der Waals surface area contributed by atoms with Gasteiger partial charge in [-0.15, -0.1) is 11.3 Å². The minimum atomic E-state index is -0.425. The SMILES string of the molecule is N#Cc1c(NC(=O)c2ccc(N3CCCCC3)c([N+](=O)[O-])c2)sc2c1CCCC2. The van der Waals surface area contributed by atoms with Crippen LogP contribution in [0.15, 0.2) is 18.2 Å². The fraction of sp³-hybridized carbons (Fsp3) is 0.429. The number of hydrogen-bond acceptors (Lipinski definition) is 6. The number of aryl methyl sites for hydroxylation is 1. The third kappa shape index (κ3) is 3.83. The summed E-state index contributed by atoms with van der Waals surface area (Å²) in [4.78, 5) is 27.2. The van der Waals surface area contributed by atoms with E-state index in [4.69, 9.17) is 0 Å². The van der Waals surface area contributed by atoms with Crippen LogP contribution in [0.1, 0.15) is 58.5 Å². The highest BCUT2D eigenvalue weighted by atomic mass is 32.1. The van der Waals surface area contributed by atoms with Crippen LogP contribution in [0.2, 0.25) is 0 Å². The molecule has 2 heterocycles. The summed E-state index contributed by atoms with van der Waals surface area (Å²) in [6.45, 7) is 1.58. The zero-order valence-electron chi connectivity index (χ0n) is 16.1. The normalized spacial score (nSPS) is 16.0. The summed E-state index contributed by atoms with van der Waals surface area (Å²) in [6, 6.07) is 6.87. The Kier molecular flexibility index (Phi) is 5.49. The van der Waals surface area contributed by atoms with E-state index in [2.05, 4.69) is 11.4 Å². The monoisotopic (exact) mass is 410 g/mol. The summed E-state index contributed by atoms with van der Waals surface area (Å²) in [6.07, 6.45) is 7.10. The molecule has 150 valence electrons. The fourth-order valence-corrected chi connectivity index (χ4v) is 5.40. The van der Waals surface area contributed by atoms with Crippen LogP contribution in [-0.2, 0) is 12.8 Å². The molecule has 1 aromatic carbocycles. The molecule has 1 aliphatic heterocycles. The number of nitrogens with zero attached hydrogens (tertiary/aromatic N) is 3. The predicted octanol–water partition coefficient (Wildman–Crippen LogP) is 4.65. The number of fused-ring (bicyclic) bond motifs is 1. The van der Waals surface area contributed by atoms with Gasteiger partial charge < -0.3 is 10.2 Å². The van der Waals surface area contributed by atoms with Gasteiger partial charge in [-0.1, -0.05) is 0 Å². The molecule has 1 saturated heterocycles. The Hall–Kier alpha value is -2.92. The fourth-order valence-electron chi connectivity index (χ4n) is 4.16. The van der Waals surface area contributed by atoms with Crippen molar-refractivity contribution in [3.63, 3.8) is 0 Å². The lowest BCUT2D eigenvalue weighted by molar-refractivity contribution is -0.384. The van der Waals surface area contributed by atoms with E-state index in [1.54, 1.807) is 12.1 Å². The van der Waals surface area contributed by atoms with E-state index in [-0.39, 0.29) is 11.3 Å². The molecular formula is C21H22N4O3S. The number of carbonyl (C=O) groups is 1. The van der Waals surface area contributed by atoms with Crippen molar-refractivity contribution in [1.82, 2.24) is 0 Å². The Bertz CT molecular complexity index is 1000. The topological polar surface area (TPSA) is 99.3 Å². The van der Waals surface area contributed by atoms with E-state index in [0.717, 1.165) is 68.5 Å². The number of nitro groups is 1. The lowest BCUT2D eigenvalue weighted by Gasteiger charge is -2.28. The van der Waals surface area contributed by atoms with E-state index in [1.807, 2.05) is 4.90 Å². The Labute approximate surface area is 173 Å². The molecule has 0 radical (unpaired) electrons. The molecule has 1 N–H and O–H groups in total. The molecule has 2 aromatic rings. The van der Waals surface area contributed by atoms with Gasteiger partial charge in [-0.2, -0.15) is 5.26 Å². The predicted molar refractivity (Wildman–Crippen MR) is 113 cm³/mol. The lowest BCUT2D eigenvalue weighted by atomic mass is 9.96. The Morgan fingerprint density at radius 2 is 1.93 bits per heavy atom. The average molecular weight is 410 g/mol. The summed E-state index contributed by atoms with van der Waals surface area (Å²) < 4.78 is 0. The number of benzene rings is 1. The quantitative estimate of drug-likeness (QED) is 0.584. The number of nitriles is 1. The molecule has 0 spiro atoms. The highest BCUT2D eigenvalue weighted by molar-refractivity contribution is 7.16. The van der Waals surface area contributed by atoms with Crippen LogP contribution in [0.25, 0.3) is 0 Å². The maximum absolute atomic E-state index is 12.8. The minimum absolute atomic E-state index is 0.0504. The van der Waals surface area contributed by atoms with Gasteiger partial charge in [0.2, 0.25) is 0 Å². The number of nitro benzene ring substituents is 1. The molecule has 1 aromatic heterocycles. The molecule has 1 fully saturated rings. The summed E-state index contributed by atoms with van der Waals surface area (Å²) in [7, 11) is 0. The van der Waals surface area contributed by atoms with Gasteiger partial charge in [-0.05, 0) is 62.6 Å². The van der Waals surface area contributed by atoms with Crippen LogP contribution in [0.5, 0.6) is 0 Å². The van der Waals surface area contributed by atoms with Gasteiger partial charge in [-0.25, -0.2) is 0 Å². The van der Waals surface area contributed by atoms with E-state index in [0.29, 0.717) is 16.3 Å². The van der Waals surface area contributed by atoms with Gasteiger partial charge in [0.1, 0.15) is 16.8 Å². The molecule has 7 nitrogen and oxygen atoms in total. The van der Waals surface area contributed by atoms with Crippen molar-refractivity contribution in [1.29, 1.82) is 5.26 Å². The van der Waals surface area contributed by atoms with Crippen molar-refractivity contribution in [2.75, 3.05) is 23.3 Å². The number of carbonyl (C=O) groups excluding carboxylic acids is 1. The summed E-state index contributed by atoms with van der Waals surface area (Å²) in [5.74, 6) is -0.423. The molecule has 8 heteroatoms. The first-order chi connectivity index (χ1) is 14.1. The summed E-state index contributed by atoms with van der Waals surface area (Å²) in [5, 5.41) is 24.6. The molecule has 0 atom stereocenters. The first kappa shape index (κ1) is 19.4. The van der Waals surface area contributed by atoms with Gasteiger partial charge in [0.25, 0.3) is 11.6 Å². The lowest BCUT2D eigenvalue weighted by Crippen LogP contribution is -2.30. The van der Waals surface area contributed by atoms with Gasteiger partial charge >= 0.3 is 0 Å². The van der Waals surface area contributed by atoms with Gasteiger partial charge in [0, 0.05) is 29.6 Å². The molecule has 1 aliphatic carbocycles. The van der Waals surface area contributed by atoms with Crippen LogP contribution in [0.4, 0.5) is 16.4 Å². The third-order valence-electron chi connectivity index (χ3n) is 5.64. The second-order valence-electron chi connectivity index (χ2n) is 7.49. The largest absolute Gasteiger partial charge is 0.366 e. The van der Waals surface area contributed by atoms with Crippen LogP contribution in [0, 0.1) is 21.4 Å². The molecule has 2 aliphatic rings. The van der Waals surface area contributed by atoms with Crippen LogP contribution in [-0.4, -0.2) is 23.9 Å². The molecule has 1 amide bonds. The average Bonchev–Trinajstić information content (AvgIpc) is 3.10. The van der Waals surface area contributed by atoms with Gasteiger partial charge in [-0.3, -0.25) is 14.9 Å². The Balaban J connectivity index is 1.61. The first-order valence-electron chi connectivity index (χ1n) is 9.98. The number of piperidine rings is 1. The number of amides is 1. The number of anilines is 2. The van der Waals surface area contributed by atoms with Crippen molar-refractivity contribution < 1.29 is 9.72 Å². The molecule has 4 rings (SSSR count). The third-order valence-corrected chi connectivity index (χ3v) is 6.85. The summed E-state index contributed by atoms with van der Waals surface area (Å²) >= 11 is 1.45. The highest BCUT2D eigenvalue weighted by Crippen LogP contribution is 2.38. The number of rotatable bonds is 4. The van der Waals surface area contributed by atoms with Gasteiger partial charge in [0.05, 0.1) is 10.5 Å². The Morgan fingerprint density at radius 1 is 1.17 bits per heavy atom. The van der Waals surface area contributed by atoms with E-state index >= 15 is 0 Å². The van der Waals surface area contributed by atoms with E-state index in [1.165, 1.54) is 17.4 Å². The minimum Gasteiger partial charge on any atom is -0.366 e. The standard InChI is InChI=1S/C21H22N4O3S/c22-13-16-15-6-2-3-7-19(15)29-21(16)23-20(26)14-8-9-17(18(12-14)25(27)28)24-10-4-1-5-11-24/h8-9,12H,1-7,10-11H2,(H,23,26). The smallest absolute Gasteiger partial charge is 0.293 e.